The van der Waals surface area contributed by atoms with Crippen LogP contribution < -0.4 is 5.32 Å². The van der Waals surface area contributed by atoms with Gasteiger partial charge in [0.15, 0.2) is 0 Å². The average Bonchev–Trinajstić information content (AvgIpc) is 3.06. The van der Waals surface area contributed by atoms with Crippen LogP contribution in [-0.4, -0.2) is 47.6 Å². The van der Waals surface area contributed by atoms with Gasteiger partial charge in [-0.15, -0.1) is 0 Å². The maximum Gasteiger partial charge on any atom is 0.224 e. The molecule has 0 spiro atoms. The third-order valence-corrected chi connectivity index (χ3v) is 3.59. The van der Waals surface area contributed by atoms with Crippen LogP contribution in [0, 0.1) is 11.8 Å². The topological polar surface area (TPSA) is 69.6 Å². The summed E-state index contributed by atoms with van der Waals surface area (Å²) in [7, 11) is 0. The zero-order chi connectivity index (χ0) is 14.4. The first-order valence-electron chi connectivity index (χ1n) is 7.15. The van der Waals surface area contributed by atoms with E-state index in [4.69, 9.17) is 5.11 Å². The molecule has 2 unspecified atom stereocenters. The Hall–Kier alpha value is -1.10. The van der Waals surface area contributed by atoms with Crippen LogP contribution in [0.4, 0.5) is 0 Å². The molecule has 0 aromatic heterocycles. The van der Waals surface area contributed by atoms with Gasteiger partial charge in [-0.2, -0.15) is 0 Å². The van der Waals surface area contributed by atoms with Crippen molar-refractivity contribution in [2.75, 3.05) is 19.7 Å². The lowest BCUT2D eigenvalue weighted by Gasteiger charge is -2.26. The van der Waals surface area contributed by atoms with Crippen LogP contribution in [0.15, 0.2) is 0 Å². The molecule has 0 aliphatic heterocycles. The third kappa shape index (κ3) is 5.19. The fourth-order valence-corrected chi connectivity index (χ4v) is 2.17. The smallest absolute Gasteiger partial charge is 0.224 e. The molecule has 1 aliphatic rings. The number of rotatable bonds is 8. The Morgan fingerprint density at radius 3 is 2.53 bits per heavy atom. The summed E-state index contributed by atoms with van der Waals surface area (Å²) in [6.07, 6.45) is 1.89. The van der Waals surface area contributed by atoms with Crippen molar-refractivity contribution in [2.45, 2.75) is 46.1 Å². The molecule has 0 aromatic carbocycles. The molecule has 19 heavy (non-hydrogen) atoms. The molecule has 1 fully saturated rings. The number of carbonyl (C=O) groups excluding carboxylic acids is 2. The van der Waals surface area contributed by atoms with E-state index in [0.717, 1.165) is 6.42 Å². The van der Waals surface area contributed by atoms with Crippen LogP contribution in [0.3, 0.4) is 0 Å². The molecule has 1 rings (SSSR count). The van der Waals surface area contributed by atoms with E-state index in [1.165, 1.54) is 0 Å². The highest BCUT2D eigenvalue weighted by Gasteiger charge is 2.38. The van der Waals surface area contributed by atoms with Crippen LogP contribution in [-0.2, 0) is 9.59 Å². The Kier molecular flexibility index (Phi) is 6.28. The van der Waals surface area contributed by atoms with Crippen LogP contribution in [0.1, 0.15) is 40.0 Å². The second-order valence-corrected chi connectivity index (χ2v) is 5.62. The van der Waals surface area contributed by atoms with Crippen molar-refractivity contribution < 1.29 is 14.7 Å². The van der Waals surface area contributed by atoms with Crippen LogP contribution >= 0.6 is 0 Å². The fourth-order valence-electron chi connectivity index (χ4n) is 2.17. The van der Waals surface area contributed by atoms with Crippen molar-refractivity contribution in [3.63, 3.8) is 0 Å². The number of aliphatic hydroxyl groups is 1. The Labute approximate surface area is 115 Å². The van der Waals surface area contributed by atoms with E-state index in [9.17, 15) is 9.59 Å². The van der Waals surface area contributed by atoms with Crippen molar-refractivity contribution in [3.05, 3.63) is 0 Å². The molecule has 5 nitrogen and oxygen atoms in total. The molecular formula is C14H26N2O3. The van der Waals surface area contributed by atoms with Crippen molar-refractivity contribution in [1.82, 2.24) is 10.2 Å². The van der Waals surface area contributed by atoms with Gasteiger partial charge in [-0.1, -0.05) is 6.92 Å². The lowest BCUT2D eigenvalue weighted by Crippen LogP contribution is -2.40. The van der Waals surface area contributed by atoms with Gasteiger partial charge in [0.25, 0.3) is 0 Å². The van der Waals surface area contributed by atoms with Gasteiger partial charge in [0.2, 0.25) is 11.8 Å². The molecule has 0 saturated heterocycles. The second-order valence-electron chi connectivity index (χ2n) is 5.62. The number of amides is 2. The maximum absolute atomic E-state index is 12.0. The molecule has 1 aliphatic carbocycles. The maximum atomic E-state index is 12.0. The highest BCUT2D eigenvalue weighted by Crippen LogP contribution is 2.37. The predicted molar refractivity (Wildman–Crippen MR) is 73.4 cm³/mol. The van der Waals surface area contributed by atoms with E-state index in [1.54, 1.807) is 4.90 Å². The van der Waals surface area contributed by atoms with Crippen molar-refractivity contribution in [2.24, 2.45) is 11.8 Å². The summed E-state index contributed by atoms with van der Waals surface area (Å²) < 4.78 is 0. The van der Waals surface area contributed by atoms with E-state index < -0.39 is 0 Å². The van der Waals surface area contributed by atoms with Gasteiger partial charge in [-0.25, -0.2) is 0 Å². The summed E-state index contributed by atoms with van der Waals surface area (Å²) in [5, 5.41) is 11.6. The predicted octanol–water partition coefficient (Wildman–Crippen LogP) is 0.768. The highest BCUT2D eigenvalue weighted by atomic mass is 16.3. The molecule has 2 amide bonds. The highest BCUT2D eigenvalue weighted by molar-refractivity contribution is 5.82. The average molecular weight is 270 g/mol. The third-order valence-electron chi connectivity index (χ3n) is 3.59. The van der Waals surface area contributed by atoms with Gasteiger partial charge in [0.1, 0.15) is 0 Å². The molecule has 0 aromatic rings. The molecule has 0 radical (unpaired) electrons. The summed E-state index contributed by atoms with van der Waals surface area (Å²) in [6, 6.07) is 0.123. The van der Waals surface area contributed by atoms with E-state index in [0.29, 0.717) is 31.8 Å². The van der Waals surface area contributed by atoms with E-state index >= 15 is 0 Å². The second kappa shape index (κ2) is 7.48. The van der Waals surface area contributed by atoms with Crippen LogP contribution in [0.5, 0.6) is 0 Å². The zero-order valence-electron chi connectivity index (χ0n) is 12.2. The van der Waals surface area contributed by atoms with Gasteiger partial charge >= 0.3 is 0 Å². The van der Waals surface area contributed by atoms with Gasteiger partial charge in [0.05, 0.1) is 0 Å². The molecular weight excluding hydrogens is 244 g/mol. The van der Waals surface area contributed by atoms with Crippen molar-refractivity contribution in [3.8, 4) is 0 Å². The number of nitrogens with zero attached hydrogens (tertiary/aromatic N) is 1. The molecule has 2 N–H and O–H groups in total. The summed E-state index contributed by atoms with van der Waals surface area (Å²) in [4.78, 5) is 25.4. The number of nitrogens with one attached hydrogen (secondary N) is 1. The number of hydrogen-bond donors (Lipinski definition) is 2. The minimum atomic E-state index is 0.0348. The standard InChI is InChI=1S/C14H26N2O3/c1-10(2)16(7-4-8-17)13(18)5-6-15-14(19)12-9-11(12)3/h10-12,17H,4-9H2,1-3H3,(H,15,19). The summed E-state index contributed by atoms with van der Waals surface area (Å²) >= 11 is 0. The first kappa shape index (κ1) is 16.0. The zero-order valence-corrected chi connectivity index (χ0v) is 12.2. The Morgan fingerprint density at radius 1 is 1.42 bits per heavy atom. The SMILES string of the molecule is CC1CC1C(=O)NCCC(=O)N(CCCO)C(C)C. The first-order valence-corrected chi connectivity index (χ1v) is 7.15. The van der Waals surface area contributed by atoms with Gasteiger partial charge in [-0.05, 0) is 32.6 Å². The quantitative estimate of drug-likeness (QED) is 0.684. The Balaban J connectivity index is 2.25. The van der Waals surface area contributed by atoms with Crippen LogP contribution in [0.2, 0.25) is 0 Å². The summed E-state index contributed by atoms with van der Waals surface area (Å²) in [6.45, 7) is 7.04. The lowest BCUT2D eigenvalue weighted by molar-refractivity contribution is -0.133. The minimum Gasteiger partial charge on any atom is -0.396 e. The number of aliphatic hydroxyl groups excluding tert-OH is 1. The molecule has 1 saturated carbocycles. The van der Waals surface area contributed by atoms with Gasteiger partial charge in [0, 0.05) is 38.1 Å². The number of hydrogen-bond acceptors (Lipinski definition) is 3. The number of carbonyl (C=O) groups is 2. The Bertz CT molecular complexity index is 318. The first-order chi connectivity index (χ1) is 8.97. The fraction of sp³-hybridized carbons (Fsp3) is 0.857. The molecule has 5 heteroatoms. The minimum absolute atomic E-state index is 0.0348. The van der Waals surface area contributed by atoms with Crippen molar-refractivity contribution in [1.29, 1.82) is 0 Å². The van der Waals surface area contributed by atoms with E-state index in [-0.39, 0.29) is 30.4 Å². The lowest BCUT2D eigenvalue weighted by atomic mass is 10.2. The normalized spacial score (nSPS) is 21.3. The van der Waals surface area contributed by atoms with Gasteiger partial charge < -0.3 is 15.3 Å². The summed E-state index contributed by atoms with van der Waals surface area (Å²) in [5.74, 6) is 0.762. The Morgan fingerprint density at radius 2 is 2.05 bits per heavy atom. The van der Waals surface area contributed by atoms with Crippen LogP contribution in [0.25, 0.3) is 0 Å². The van der Waals surface area contributed by atoms with E-state index in [2.05, 4.69) is 12.2 Å². The van der Waals surface area contributed by atoms with Crippen molar-refractivity contribution >= 4 is 11.8 Å². The molecule has 0 heterocycles. The monoisotopic (exact) mass is 270 g/mol. The van der Waals surface area contributed by atoms with Gasteiger partial charge in [-0.3, -0.25) is 9.59 Å². The summed E-state index contributed by atoms with van der Waals surface area (Å²) in [5.41, 5.74) is 0. The largest absolute Gasteiger partial charge is 0.396 e. The van der Waals surface area contributed by atoms with E-state index in [1.807, 2.05) is 13.8 Å². The molecule has 110 valence electrons. The molecule has 0 bridgehead atoms. The molecule has 2 atom stereocenters.